The molecule has 0 aliphatic carbocycles. The molecule has 4 rings (SSSR count). The van der Waals surface area contributed by atoms with Gasteiger partial charge in [0, 0.05) is 42.4 Å². The van der Waals surface area contributed by atoms with E-state index in [1.807, 2.05) is 24.3 Å². The van der Waals surface area contributed by atoms with Gasteiger partial charge in [-0.3, -0.25) is 9.78 Å². The Morgan fingerprint density at radius 3 is 2.58 bits per heavy atom. The van der Waals surface area contributed by atoms with Crippen LogP contribution >= 0.6 is 0 Å². The van der Waals surface area contributed by atoms with E-state index < -0.39 is 17.6 Å². The van der Waals surface area contributed by atoms with Gasteiger partial charge in [0.05, 0.1) is 11.1 Å². The lowest BCUT2D eigenvalue weighted by atomic mass is 9.96. The van der Waals surface area contributed by atoms with E-state index in [1.54, 1.807) is 36.2 Å². The molecule has 2 aromatic carbocycles. The van der Waals surface area contributed by atoms with Crippen LogP contribution in [0.2, 0.25) is 0 Å². The largest absolute Gasteiger partial charge is 0.478 e. The third kappa shape index (κ3) is 5.75. The zero-order chi connectivity index (χ0) is 27.4. The lowest BCUT2D eigenvalue weighted by Crippen LogP contribution is -2.30. The van der Waals surface area contributed by atoms with E-state index in [0.717, 1.165) is 23.3 Å². The van der Waals surface area contributed by atoms with Crippen LogP contribution in [0.5, 0.6) is 0 Å². The molecule has 0 bridgehead atoms. The highest BCUT2D eigenvalue weighted by atomic mass is 19.2. The SMILES string of the molecule is C=C(c1cccc(CNC(=O)C2=CC=CN(Cc3ccc(F)c(F)c3)C2=C)c1)c1cc(C(=O)O)cnc1C. The number of aromatic nitrogens is 1. The molecule has 1 aliphatic rings. The molecule has 1 amide bonds. The fourth-order valence-corrected chi connectivity index (χ4v) is 4.03. The second kappa shape index (κ2) is 11.0. The number of allylic oxidation sites excluding steroid dienone is 2. The minimum atomic E-state index is -1.07. The van der Waals surface area contributed by atoms with Gasteiger partial charge in [-0.25, -0.2) is 13.6 Å². The minimum absolute atomic E-state index is 0.0730. The zero-order valence-electron chi connectivity index (χ0n) is 20.7. The van der Waals surface area contributed by atoms with Crippen LogP contribution in [0, 0.1) is 18.6 Å². The van der Waals surface area contributed by atoms with E-state index in [2.05, 4.69) is 23.5 Å². The number of carbonyl (C=O) groups is 2. The van der Waals surface area contributed by atoms with Crippen LogP contribution in [0.3, 0.4) is 0 Å². The molecule has 0 fully saturated rings. The summed E-state index contributed by atoms with van der Waals surface area (Å²) in [6.07, 6.45) is 6.35. The molecule has 0 spiro atoms. The number of nitrogens with zero attached hydrogens (tertiary/aromatic N) is 2. The third-order valence-corrected chi connectivity index (χ3v) is 6.16. The van der Waals surface area contributed by atoms with Crippen LogP contribution in [0.15, 0.2) is 97.5 Å². The van der Waals surface area contributed by atoms with E-state index in [0.29, 0.717) is 33.7 Å². The number of hydrogen-bond acceptors (Lipinski definition) is 4. The van der Waals surface area contributed by atoms with Gasteiger partial charge in [-0.05, 0) is 65.6 Å². The number of carboxylic acids is 1. The number of aryl methyl sites for hydroxylation is 1. The summed E-state index contributed by atoms with van der Waals surface area (Å²) in [6, 6.07) is 12.6. The van der Waals surface area contributed by atoms with Crippen LogP contribution in [-0.2, 0) is 17.9 Å². The molecule has 0 saturated carbocycles. The Morgan fingerprint density at radius 2 is 1.84 bits per heavy atom. The highest BCUT2D eigenvalue weighted by molar-refractivity contribution is 5.98. The van der Waals surface area contributed by atoms with E-state index in [1.165, 1.54) is 12.3 Å². The topological polar surface area (TPSA) is 82.5 Å². The van der Waals surface area contributed by atoms with E-state index >= 15 is 0 Å². The molecule has 3 aromatic rings. The maximum Gasteiger partial charge on any atom is 0.337 e. The van der Waals surface area contributed by atoms with Crippen molar-refractivity contribution in [1.82, 2.24) is 15.2 Å². The number of halogens is 2. The Balaban J connectivity index is 1.43. The number of rotatable bonds is 8. The average molecular weight is 514 g/mol. The molecule has 6 nitrogen and oxygen atoms in total. The van der Waals surface area contributed by atoms with Gasteiger partial charge < -0.3 is 15.3 Å². The van der Waals surface area contributed by atoms with Gasteiger partial charge in [0.25, 0.3) is 5.91 Å². The van der Waals surface area contributed by atoms with Crippen molar-refractivity contribution in [2.75, 3.05) is 0 Å². The Morgan fingerprint density at radius 1 is 1.05 bits per heavy atom. The molecule has 8 heteroatoms. The molecular formula is C30H25F2N3O3. The fourth-order valence-electron chi connectivity index (χ4n) is 4.03. The normalized spacial score (nSPS) is 12.8. The van der Waals surface area contributed by atoms with Crippen LogP contribution < -0.4 is 5.32 Å². The van der Waals surface area contributed by atoms with Crippen molar-refractivity contribution < 1.29 is 23.5 Å². The average Bonchev–Trinajstić information content (AvgIpc) is 2.90. The molecule has 0 saturated heterocycles. The highest BCUT2D eigenvalue weighted by Crippen LogP contribution is 2.26. The summed E-state index contributed by atoms with van der Waals surface area (Å²) in [7, 11) is 0. The van der Waals surface area contributed by atoms with Gasteiger partial charge in [-0.2, -0.15) is 0 Å². The first kappa shape index (κ1) is 26.2. The molecule has 1 aromatic heterocycles. The van der Waals surface area contributed by atoms with Crippen molar-refractivity contribution in [3.05, 3.63) is 143 Å². The summed E-state index contributed by atoms with van der Waals surface area (Å²) in [5.41, 5.74) is 4.87. The second-order valence-electron chi connectivity index (χ2n) is 8.77. The van der Waals surface area contributed by atoms with Crippen LogP contribution in [0.1, 0.15) is 38.3 Å². The van der Waals surface area contributed by atoms with E-state index in [4.69, 9.17) is 0 Å². The number of pyridine rings is 1. The maximum atomic E-state index is 13.6. The molecule has 0 unspecified atom stereocenters. The van der Waals surface area contributed by atoms with Crippen molar-refractivity contribution in [2.45, 2.75) is 20.0 Å². The predicted octanol–water partition coefficient (Wildman–Crippen LogP) is 5.51. The first-order valence-electron chi connectivity index (χ1n) is 11.7. The van der Waals surface area contributed by atoms with Crippen LogP contribution in [0.25, 0.3) is 5.57 Å². The van der Waals surface area contributed by atoms with Crippen LogP contribution in [-0.4, -0.2) is 26.9 Å². The Kier molecular flexibility index (Phi) is 7.62. The maximum absolute atomic E-state index is 13.6. The van der Waals surface area contributed by atoms with Crippen molar-refractivity contribution in [3.63, 3.8) is 0 Å². The Labute approximate surface area is 219 Å². The molecule has 38 heavy (non-hydrogen) atoms. The summed E-state index contributed by atoms with van der Waals surface area (Å²) in [5.74, 6) is -3.27. The van der Waals surface area contributed by atoms with E-state index in [9.17, 15) is 23.5 Å². The number of aromatic carboxylic acids is 1. The number of hydrogen-bond donors (Lipinski definition) is 2. The Hall–Kier alpha value is -4.85. The highest BCUT2D eigenvalue weighted by Gasteiger charge is 2.20. The van der Waals surface area contributed by atoms with E-state index in [-0.39, 0.29) is 24.6 Å². The summed E-state index contributed by atoms with van der Waals surface area (Å²) >= 11 is 0. The summed E-state index contributed by atoms with van der Waals surface area (Å²) in [6.45, 7) is 10.4. The lowest BCUT2D eigenvalue weighted by Gasteiger charge is -2.27. The molecule has 2 N–H and O–H groups in total. The summed E-state index contributed by atoms with van der Waals surface area (Å²) < 4.78 is 26.9. The Bertz CT molecular complexity index is 1520. The van der Waals surface area contributed by atoms with Gasteiger partial charge in [0.15, 0.2) is 11.6 Å². The minimum Gasteiger partial charge on any atom is -0.478 e. The van der Waals surface area contributed by atoms with Crippen molar-refractivity contribution in [1.29, 1.82) is 0 Å². The van der Waals surface area contributed by atoms with Crippen molar-refractivity contribution in [3.8, 4) is 0 Å². The molecule has 1 aliphatic heterocycles. The lowest BCUT2D eigenvalue weighted by molar-refractivity contribution is -0.117. The van der Waals surface area contributed by atoms with Gasteiger partial charge in [0.1, 0.15) is 0 Å². The van der Waals surface area contributed by atoms with Crippen molar-refractivity contribution in [2.24, 2.45) is 0 Å². The van der Waals surface area contributed by atoms with Crippen LogP contribution in [0.4, 0.5) is 8.78 Å². The molecule has 0 atom stereocenters. The summed E-state index contributed by atoms with van der Waals surface area (Å²) in [4.78, 5) is 30.2. The number of amides is 1. The second-order valence-corrected chi connectivity index (χ2v) is 8.77. The third-order valence-electron chi connectivity index (χ3n) is 6.16. The van der Waals surface area contributed by atoms with Gasteiger partial charge >= 0.3 is 5.97 Å². The number of carboxylic acid groups (broad SMARTS) is 1. The van der Waals surface area contributed by atoms with Gasteiger partial charge in [-0.1, -0.05) is 37.4 Å². The number of carbonyl (C=O) groups excluding carboxylic acids is 1. The van der Waals surface area contributed by atoms with Crippen molar-refractivity contribution >= 4 is 17.4 Å². The molecular weight excluding hydrogens is 488 g/mol. The molecule has 192 valence electrons. The van der Waals surface area contributed by atoms with Gasteiger partial charge in [-0.15, -0.1) is 0 Å². The molecule has 2 heterocycles. The monoisotopic (exact) mass is 513 g/mol. The number of benzene rings is 2. The first-order valence-corrected chi connectivity index (χ1v) is 11.7. The quantitative estimate of drug-likeness (QED) is 0.415. The first-order chi connectivity index (χ1) is 18.1. The standard InChI is InChI=1S/C30H25F2N3O3/c1-18(26-14-24(30(37)38)16-33-19(26)2)23-7-4-6-21(12-23)15-34-29(36)25-8-5-11-35(20(25)3)17-22-9-10-27(31)28(32)13-22/h4-14,16H,1,3,15,17H2,2H3,(H,34,36)(H,37,38). The smallest absolute Gasteiger partial charge is 0.337 e. The number of nitrogens with one attached hydrogen (secondary N) is 1. The molecule has 0 radical (unpaired) electrons. The van der Waals surface area contributed by atoms with Gasteiger partial charge in [0.2, 0.25) is 0 Å². The summed E-state index contributed by atoms with van der Waals surface area (Å²) in [5, 5.41) is 12.2. The predicted molar refractivity (Wildman–Crippen MR) is 141 cm³/mol. The fraction of sp³-hybridized carbons (Fsp3) is 0.100. The zero-order valence-corrected chi connectivity index (χ0v) is 20.7.